The van der Waals surface area contributed by atoms with Gasteiger partial charge in [0.25, 0.3) is 0 Å². The van der Waals surface area contributed by atoms with E-state index in [-0.39, 0.29) is 0 Å². The maximum absolute atomic E-state index is 6.07. The van der Waals surface area contributed by atoms with Gasteiger partial charge >= 0.3 is 0 Å². The SMILES string of the molecule is c1ccc(N(c2ccccc2)c2cccc(N(c3ccccc3)c3ccc4c(c3)sc3ccc(-c5ccc(-c6ccc7oc8ccccc8c7c6)cc5)cc34)c2)cc1. The first-order valence-corrected chi connectivity index (χ1v) is 20.4. The summed E-state index contributed by atoms with van der Waals surface area (Å²) in [6.07, 6.45) is 0. The quantitative estimate of drug-likeness (QED) is 0.154. The number of furan rings is 1. The van der Waals surface area contributed by atoms with Crippen molar-refractivity contribution in [3.05, 3.63) is 218 Å². The van der Waals surface area contributed by atoms with Gasteiger partial charge in [-0.1, -0.05) is 121 Å². The van der Waals surface area contributed by atoms with Crippen molar-refractivity contribution in [2.45, 2.75) is 0 Å². The molecule has 2 aromatic heterocycles. The molecule has 0 N–H and O–H groups in total. The Kier molecular flexibility index (Phi) is 8.34. The summed E-state index contributed by atoms with van der Waals surface area (Å²) < 4.78 is 8.61. The number of hydrogen-bond donors (Lipinski definition) is 0. The van der Waals surface area contributed by atoms with E-state index in [0.717, 1.165) is 56.1 Å². The number of fused-ring (bicyclic) bond motifs is 6. The highest BCUT2D eigenvalue weighted by atomic mass is 32.1. The van der Waals surface area contributed by atoms with Gasteiger partial charge in [0.2, 0.25) is 0 Å². The Morgan fingerprint density at radius 3 is 1.40 bits per heavy atom. The number of thiophene rings is 1. The summed E-state index contributed by atoms with van der Waals surface area (Å²) in [5.41, 5.74) is 13.2. The van der Waals surface area contributed by atoms with Crippen molar-refractivity contribution in [3.8, 4) is 22.3 Å². The van der Waals surface area contributed by atoms with E-state index in [2.05, 4.69) is 216 Å². The van der Waals surface area contributed by atoms with E-state index in [1.54, 1.807) is 0 Å². The molecule has 0 aliphatic carbocycles. The zero-order valence-electron chi connectivity index (χ0n) is 31.5. The Morgan fingerprint density at radius 1 is 0.276 bits per heavy atom. The fraction of sp³-hybridized carbons (Fsp3) is 0. The maximum atomic E-state index is 6.07. The lowest BCUT2D eigenvalue weighted by Crippen LogP contribution is -2.13. The Morgan fingerprint density at radius 2 is 0.759 bits per heavy atom. The summed E-state index contributed by atoms with van der Waals surface area (Å²) in [6.45, 7) is 0. The molecular formula is C54H36N2OS. The molecule has 58 heavy (non-hydrogen) atoms. The monoisotopic (exact) mass is 760 g/mol. The number of nitrogens with zero attached hydrogens (tertiary/aromatic N) is 2. The highest BCUT2D eigenvalue weighted by Gasteiger charge is 2.18. The predicted molar refractivity (Wildman–Crippen MR) is 247 cm³/mol. The molecule has 11 rings (SSSR count). The van der Waals surface area contributed by atoms with E-state index in [1.165, 1.54) is 42.4 Å². The van der Waals surface area contributed by atoms with Crippen LogP contribution in [0.4, 0.5) is 34.1 Å². The van der Waals surface area contributed by atoms with Gasteiger partial charge in [-0.05, 0) is 119 Å². The molecule has 0 saturated carbocycles. The van der Waals surface area contributed by atoms with Crippen molar-refractivity contribution in [2.75, 3.05) is 9.80 Å². The van der Waals surface area contributed by atoms with Crippen molar-refractivity contribution in [2.24, 2.45) is 0 Å². The predicted octanol–water partition coefficient (Wildman–Crippen LogP) is 16.2. The minimum absolute atomic E-state index is 0.918. The second-order valence-corrected chi connectivity index (χ2v) is 15.7. The molecular weight excluding hydrogens is 725 g/mol. The van der Waals surface area contributed by atoms with Crippen LogP contribution in [0.15, 0.2) is 223 Å². The van der Waals surface area contributed by atoms with Crippen LogP contribution >= 0.6 is 11.3 Å². The lowest BCUT2D eigenvalue weighted by Gasteiger charge is -2.29. The van der Waals surface area contributed by atoms with Gasteiger partial charge < -0.3 is 14.2 Å². The zero-order valence-corrected chi connectivity index (χ0v) is 32.3. The first-order valence-electron chi connectivity index (χ1n) is 19.6. The van der Waals surface area contributed by atoms with E-state index in [1.807, 2.05) is 23.5 Å². The lowest BCUT2D eigenvalue weighted by molar-refractivity contribution is 0.669. The Bertz CT molecular complexity index is 3190. The van der Waals surface area contributed by atoms with Crippen molar-refractivity contribution in [3.63, 3.8) is 0 Å². The second kappa shape index (κ2) is 14.3. The van der Waals surface area contributed by atoms with Crippen LogP contribution in [0.25, 0.3) is 64.4 Å². The van der Waals surface area contributed by atoms with E-state index < -0.39 is 0 Å². The normalized spacial score (nSPS) is 11.4. The largest absolute Gasteiger partial charge is 0.456 e. The minimum atomic E-state index is 0.918. The maximum Gasteiger partial charge on any atom is 0.135 e. The van der Waals surface area contributed by atoms with Crippen LogP contribution in [0.2, 0.25) is 0 Å². The third kappa shape index (κ3) is 6.08. The van der Waals surface area contributed by atoms with Crippen molar-refractivity contribution >= 4 is 87.6 Å². The van der Waals surface area contributed by atoms with Crippen LogP contribution in [0.1, 0.15) is 0 Å². The molecule has 4 heteroatoms. The van der Waals surface area contributed by atoms with Gasteiger partial charge in [-0.3, -0.25) is 0 Å². The molecule has 0 atom stereocenters. The first-order chi connectivity index (χ1) is 28.7. The van der Waals surface area contributed by atoms with Gasteiger partial charge in [0.15, 0.2) is 0 Å². The van der Waals surface area contributed by atoms with Gasteiger partial charge in [-0.2, -0.15) is 0 Å². The molecule has 0 fully saturated rings. The number of rotatable bonds is 8. The molecule has 274 valence electrons. The molecule has 2 heterocycles. The van der Waals surface area contributed by atoms with Gasteiger partial charge in [0.1, 0.15) is 11.2 Å². The first kappa shape index (κ1) is 33.9. The molecule has 3 nitrogen and oxygen atoms in total. The molecule has 9 aromatic carbocycles. The topological polar surface area (TPSA) is 19.6 Å². The van der Waals surface area contributed by atoms with Crippen LogP contribution in [0.5, 0.6) is 0 Å². The summed E-state index contributed by atoms with van der Waals surface area (Å²) in [7, 11) is 0. The molecule has 0 spiro atoms. The molecule has 11 aromatic rings. The lowest BCUT2D eigenvalue weighted by atomic mass is 9.98. The average Bonchev–Trinajstić information content (AvgIpc) is 3.85. The van der Waals surface area contributed by atoms with E-state index in [0.29, 0.717) is 0 Å². The van der Waals surface area contributed by atoms with E-state index >= 15 is 0 Å². The van der Waals surface area contributed by atoms with Crippen LogP contribution < -0.4 is 9.80 Å². The Balaban J connectivity index is 0.944. The molecule has 0 amide bonds. The van der Waals surface area contributed by atoms with Crippen molar-refractivity contribution in [1.82, 2.24) is 0 Å². The molecule has 0 saturated heterocycles. The fourth-order valence-electron chi connectivity index (χ4n) is 8.24. The van der Waals surface area contributed by atoms with Crippen LogP contribution in [-0.2, 0) is 0 Å². The van der Waals surface area contributed by atoms with E-state index in [4.69, 9.17) is 4.42 Å². The second-order valence-electron chi connectivity index (χ2n) is 14.6. The summed E-state index contributed by atoms with van der Waals surface area (Å²) in [6, 6.07) is 78.1. The van der Waals surface area contributed by atoms with Crippen molar-refractivity contribution in [1.29, 1.82) is 0 Å². The summed E-state index contributed by atoms with van der Waals surface area (Å²) in [5.74, 6) is 0. The van der Waals surface area contributed by atoms with Crippen molar-refractivity contribution < 1.29 is 4.42 Å². The van der Waals surface area contributed by atoms with E-state index in [9.17, 15) is 0 Å². The fourth-order valence-corrected chi connectivity index (χ4v) is 9.36. The number of anilines is 6. The molecule has 0 aliphatic rings. The third-order valence-corrected chi connectivity index (χ3v) is 12.2. The Hall–Kier alpha value is -7.40. The molecule has 0 radical (unpaired) electrons. The summed E-state index contributed by atoms with van der Waals surface area (Å²) in [4.78, 5) is 4.68. The zero-order chi connectivity index (χ0) is 38.4. The minimum Gasteiger partial charge on any atom is -0.456 e. The van der Waals surface area contributed by atoms with Crippen LogP contribution in [0.3, 0.4) is 0 Å². The molecule has 0 aliphatic heterocycles. The van der Waals surface area contributed by atoms with Gasteiger partial charge in [0, 0.05) is 65.1 Å². The van der Waals surface area contributed by atoms with Crippen LogP contribution in [0, 0.1) is 0 Å². The Labute approximate surface area is 340 Å². The standard InChI is InChI=1S/C54H36N2OS/c1-4-13-41(14-5-1)55(42-15-6-2-7-16-42)44-19-12-20-45(35-44)56(43-17-8-3-9-18-43)46-29-30-48-50-34-40(28-32-53(50)58-54(48)36-46)38-25-23-37(24-26-38)39-27-31-52-49(33-39)47-21-10-11-22-51(47)57-52/h1-36H. The van der Waals surface area contributed by atoms with Gasteiger partial charge in [-0.15, -0.1) is 11.3 Å². The highest BCUT2D eigenvalue weighted by Crippen LogP contribution is 2.44. The number of para-hydroxylation sites is 4. The number of hydrogen-bond acceptors (Lipinski definition) is 4. The highest BCUT2D eigenvalue weighted by molar-refractivity contribution is 7.25. The summed E-state index contributed by atoms with van der Waals surface area (Å²) in [5, 5.41) is 4.84. The average molecular weight is 761 g/mol. The molecule has 0 unspecified atom stereocenters. The molecule has 0 bridgehead atoms. The summed E-state index contributed by atoms with van der Waals surface area (Å²) >= 11 is 1.85. The van der Waals surface area contributed by atoms with Crippen LogP contribution in [-0.4, -0.2) is 0 Å². The number of benzene rings is 9. The smallest absolute Gasteiger partial charge is 0.135 e. The van der Waals surface area contributed by atoms with Gasteiger partial charge in [-0.25, -0.2) is 0 Å². The third-order valence-electron chi connectivity index (χ3n) is 11.0. The van der Waals surface area contributed by atoms with Gasteiger partial charge in [0.05, 0.1) is 0 Å².